The Balaban J connectivity index is 0.000000425. The van der Waals surface area contributed by atoms with Gasteiger partial charge >= 0.3 is 5.82 Å². The van der Waals surface area contributed by atoms with E-state index in [0.29, 0.717) is 16.9 Å². The molecule has 0 bridgehead atoms. The lowest BCUT2D eigenvalue weighted by Crippen LogP contribution is -2.36. The fourth-order valence-electron chi connectivity index (χ4n) is 2.81. The van der Waals surface area contributed by atoms with Gasteiger partial charge in [0, 0.05) is 13.0 Å². The molecule has 0 N–H and O–H groups in total. The number of hydrogen-bond acceptors (Lipinski definition) is 4. The third-order valence-corrected chi connectivity index (χ3v) is 3.67. The standard InChI is InChI=1S/C10H21N.C9H14O3.CH4/c1-10(2,3)9-11-7-5-4-6-8-11;1-6-7(5-9(2,3)4)12-8(10)11-6;/h4-9H2,1-3H3;5H2,1-4H3;1H4. The van der Waals surface area contributed by atoms with Gasteiger partial charge in [0.15, 0.2) is 0 Å². The first-order chi connectivity index (χ1) is 10.5. The van der Waals surface area contributed by atoms with Gasteiger partial charge in [0.1, 0.15) is 11.5 Å². The molecular weight excluding hydrogens is 302 g/mol. The molecule has 0 atom stereocenters. The largest absolute Gasteiger partial charge is 0.519 e. The summed E-state index contributed by atoms with van der Waals surface area (Å²) in [5.41, 5.74) is 0.599. The molecule has 2 heterocycles. The Labute approximate surface area is 148 Å². The minimum absolute atomic E-state index is 0. The maximum absolute atomic E-state index is 10.7. The Kier molecular flexibility index (Phi) is 9.05. The molecular formula is C20H39NO3. The van der Waals surface area contributed by atoms with E-state index in [1.54, 1.807) is 6.92 Å². The van der Waals surface area contributed by atoms with Crippen LogP contribution in [-0.4, -0.2) is 24.5 Å². The van der Waals surface area contributed by atoms with E-state index in [0.717, 1.165) is 6.42 Å². The second-order valence-corrected chi connectivity index (χ2v) is 9.07. The maximum atomic E-state index is 10.7. The molecule has 1 fully saturated rings. The van der Waals surface area contributed by atoms with Crippen molar-refractivity contribution >= 4 is 0 Å². The molecule has 1 aliphatic heterocycles. The number of piperidine rings is 1. The Morgan fingerprint density at radius 1 is 0.917 bits per heavy atom. The molecule has 24 heavy (non-hydrogen) atoms. The summed E-state index contributed by atoms with van der Waals surface area (Å²) >= 11 is 0. The van der Waals surface area contributed by atoms with Crippen molar-refractivity contribution in [2.45, 2.75) is 81.6 Å². The Bertz CT molecular complexity index is 508. The summed E-state index contributed by atoms with van der Waals surface area (Å²) in [5.74, 6) is 0.647. The van der Waals surface area contributed by atoms with Crippen molar-refractivity contribution in [3.63, 3.8) is 0 Å². The third kappa shape index (κ3) is 9.96. The van der Waals surface area contributed by atoms with Crippen LogP contribution >= 0.6 is 0 Å². The van der Waals surface area contributed by atoms with Crippen LogP contribution in [0.25, 0.3) is 0 Å². The predicted molar refractivity (Wildman–Crippen MR) is 102 cm³/mol. The average Bonchev–Trinajstić information content (AvgIpc) is 2.65. The normalized spacial score (nSPS) is 16.1. The van der Waals surface area contributed by atoms with E-state index in [9.17, 15) is 4.79 Å². The highest BCUT2D eigenvalue weighted by atomic mass is 16.6. The molecule has 1 saturated heterocycles. The molecule has 1 aliphatic rings. The summed E-state index contributed by atoms with van der Waals surface area (Å²) < 4.78 is 9.61. The summed E-state index contributed by atoms with van der Waals surface area (Å²) in [6.07, 6.45) is 5.00. The summed E-state index contributed by atoms with van der Waals surface area (Å²) in [5, 5.41) is 0. The number of aryl methyl sites for hydroxylation is 1. The van der Waals surface area contributed by atoms with Gasteiger partial charge in [-0.1, -0.05) is 55.4 Å². The Morgan fingerprint density at radius 2 is 1.46 bits per heavy atom. The fourth-order valence-corrected chi connectivity index (χ4v) is 2.81. The van der Waals surface area contributed by atoms with E-state index in [-0.39, 0.29) is 12.8 Å². The molecule has 142 valence electrons. The smallest absolute Gasteiger partial charge is 0.396 e. The summed E-state index contributed by atoms with van der Waals surface area (Å²) in [6, 6.07) is 0. The molecule has 4 nitrogen and oxygen atoms in total. The van der Waals surface area contributed by atoms with Crippen LogP contribution in [-0.2, 0) is 6.42 Å². The minimum atomic E-state index is -0.605. The van der Waals surface area contributed by atoms with E-state index >= 15 is 0 Å². The zero-order valence-corrected chi connectivity index (χ0v) is 16.1. The SMILES string of the molecule is C.CC(C)(C)CN1CCCCC1.Cc1oc(=O)oc1CC(C)(C)C. The van der Waals surface area contributed by atoms with E-state index in [4.69, 9.17) is 8.83 Å². The van der Waals surface area contributed by atoms with Gasteiger partial charge in [-0.3, -0.25) is 0 Å². The molecule has 0 aromatic carbocycles. The van der Waals surface area contributed by atoms with Crippen LogP contribution in [0.5, 0.6) is 0 Å². The quantitative estimate of drug-likeness (QED) is 0.734. The summed E-state index contributed by atoms with van der Waals surface area (Å²) in [6.45, 7) is 18.9. The molecule has 0 amide bonds. The van der Waals surface area contributed by atoms with Gasteiger partial charge in [-0.2, -0.15) is 0 Å². The molecule has 0 spiro atoms. The summed E-state index contributed by atoms with van der Waals surface area (Å²) in [7, 11) is 0. The lowest BCUT2D eigenvalue weighted by atomic mass is 9.91. The monoisotopic (exact) mass is 341 g/mol. The minimum Gasteiger partial charge on any atom is -0.396 e. The van der Waals surface area contributed by atoms with Gasteiger partial charge < -0.3 is 13.7 Å². The van der Waals surface area contributed by atoms with Crippen molar-refractivity contribution in [1.29, 1.82) is 0 Å². The highest BCUT2D eigenvalue weighted by Gasteiger charge is 2.18. The second-order valence-electron chi connectivity index (χ2n) is 9.07. The van der Waals surface area contributed by atoms with E-state index in [2.05, 4.69) is 46.4 Å². The topological polar surface area (TPSA) is 46.6 Å². The van der Waals surface area contributed by atoms with E-state index in [1.165, 1.54) is 38.9 Å². The fraction of sp³-hybridized carbons (Fsp3) is 0.850. The Hall–Kier alpha value is -1.03. The van der Waals surface area contributed by atoms with Gasteiger partial charge in [-0.15, -0.1) is 0 Å². The van der Waals surface area contributed by atoms with Crippen molar-refractivity contribution in [2.24, 2.45) is 10.8 Å². The zero-order valence-electron chi connectivity index (χ0n) is 16.1. The number of hydrogen-bond donors (Lipinski definition) is 0. The Morgan fingerprint density at radius 3 is 1.83 bits per heavy atom. The third-order valence-electron chi connectivity index (χ3n) is 3.67. The van der Waals surface area contributed by atoms with Crippen LogP contribution in [0.2, 0.25) is 0 Å². The average molecular weight is 342 g/mol. The molecule has 0 saturated carbocycles. The first-order valence-electron chi connectivity index (χ1n) is 8.78. The molecule has 4 heteroatoms. The van der Waals surface area contributed by atoms with Crippen LogP contribution in [0, 0.1) is 17.8 Å². The molecule has 0 unspecified atom stereocenters. The van der Waals surface area contributed by atoms with Crippen molar-refractivity contribution in [1.82, 2.24) is 4.90 Å². The van der Waals surface area contributed by atoms with Crippen LogP contribution in [0.3, 0.4) is 0 Å². The lowest BCUT2D eigenvalue weighted by molar-refractivity contribution is 0.164. The highest BCUT2D eigenvalue weighted by Crippen LogP contribution is 2.21. The number of nitrogens with zero attached hydrogens (tertiary/aromatic N) is 1. The molecule has 1 aromatic heterocycles. The van der Waals surface area contributed by atoms with Crippen molar-refractivity contribution in [3.05, 3.63) is 22.1 Å². The maximum Gasteiger partial charge on any atom is 0.519 e. The molecule has 1 aromatic rings. The molecule has 2 rings (SSSR count). The van der Waals surface area contributed by atoms with E-state index in [1.807, 2.05) is 0 Å². The predicted octanol–water partition coefficient (Wildman–Crippen LogP) is 5.28. The van der Waals surface area contributed by atoms with Gasteiger partial charge in [0.25, 0.3) is 0 Å². The van der Waals surface area contributed by atoms with Gasteiger partial charge in [-0.05, 0) is 43.7 Å². The van der Waals surface area contributed by atoms with Crippen LogP contribution in [0.1, 0.15) is 79.8 Å². The second kappa shape index (κ2) is 9.45. The van der Waals surface area contributed by atoms with Crippen LogP contribution in [0.4, 0.5) is 0 Å². The van der Waals surface area contributed by atoms with Crippen LogP contribution < -0.4 is 5.82 Å². The van der Waals surface area contributed by atoms with Crippen molar-refractivity contribution in [2.75, 3.05) is 19.6 Å². The zero-order chi connectivity index (χ0) is 17.7. The van der Waals surface area contributed by atoms with E-state index < -0.39 is 5.82 Å². The lowest BCUT2D eigenvalue weighted by Gasteiger charge is -2.32. The van der Waals surface area contributed by atoms with Crippen molar-refractivity contribution in [3.8, 4) is 0 Å². The first kappa shape index (κ1) is 23.0. The van der Waals surface area contributed by atoms with Gasteiger partial charge in [0.05, 0.1) is 0 Å². The van der Waals surface area contributed by atoms with Crippen molar-refractivity contribution < 1.29 is 8.83 Å². The number of rotatable bonds is 2. The van der Waals surface area contributed by atoms with Gasteiger partial charge in [0.2, 0.25) is 0 Å². The molecule has 0 aliphatic carbocycles. The highest BCUT2D eigenvalue weighted by molar-refractivity contribution is 5.02. The van der Waals surface area contributed by atoms with Gasteiger partial charge in [-0.25, -0.2) is 4.79 Å². The van der Waals surface area contributed by atoms with Crippen LogP contribution in [0.15, 0.2) is 13.6 Å². The first-order valence-corrected chi connectivity index (χ1v) is 8.78. The number of likely N-dealkylation sites (tertiary alicyclic amines) is 1. The summed E-state index contributed by atoms with van der Waals surface area (Å²) in [4.78, 5) is 13.3. The molecule has 0 radical (unpaired) electrons.